The topological polar surface area (TPSA) is 88.2 Å². The predicted molar refractivity (Wildman–Crippen MR) is 69.4 cm³/mol. The molecule has 0 aliphatic rings. The normalized spacial score (nSPS) is 10.2. The lowest BCUT2D eigenvalue weighted by Gasteiger charge is -2.08. The Morgan fingerprint density at radius 2 is 2.11 bits per heavy atom. The van der Waals surface area contributed by atoms with E-state index in [0.29, 0.717) is 5.69 Å². The van der Waals surface area contributed by atoms with Gasteiger partial charge in [-0.1, -0.05) is 0 Å². The molecule has 0 saturated heterocycles. The number of hydrogen-bond donors (Lipinski definition) is 3. The quantitative estimate of drug-likeness (QED) is 0.722. The maximum absolute atomic E-state index is 13.1. The van der Waals surface area contributed by atoms with Crippen molar-refractivity contribution in [2.24, 2.45) is 0 Å². The molecule has 0 fully saturated rings. The van der Waals surface area contributed by atoms with E-state index in [0.717, 1.165) is 12.1 Å². The molecule has 0 aliphatic heterocycles. The Balaban J connectivity index is 2.30. The van der Waals surface area contributed by atoms with Crippen molar-refractivity contribution in [1.29, 1.82) is 0 Å². The Bertz CT molecular complexity index is 644. The molecule has 19 heavy (non-hydrogen) atoms. The van der Waals surface area contributed by atoms with Gasteiger partial charge >= 0.3 is 0 Å². The molecule has 0 unspecified atom stereocenters. The number of benzene rings is 1. The van der Waals surface area contributed by atoms with Crippen molar-refractivity contribution in [3.8, 4) is 5.75 Å². The number of nitrogen functional groups attached to an aromatic ring is 1. The number of nitrogens with one attached hydrogen (secondary N) is 1. The summed E-state index contributed by atoms with van der Waals surface area (Å²) in [4.78, 5) is 15.9. The lowest BCUT2D eigenvalue weighted by molar-refractivity contribution is 0.102. The van der Waals surface area contributed by atoms with Gasteiger partial charge < -0.3 is 16.2 Å². The van der Waals surface area contributed by atoms with E-state index in [2.05, 4.69) is 10.3 Å². The SMILES string of the molecule is Cc1ccc(O)c(NC(=O)c2cc(F)ccc2N)n1. The van der Waals surface area contributed by atoms with Gasteiger partial charge in [0.15, 0.2) is 11.6 Å². The number of aromatic nitrogens is 1. The van der Waals surface area contributed by atoms with Gasteiger partial charge in [-0.05, 0) is 37.3 Å². The van der Waals surface area contributed by atoms with Crippen LogP contribution in [0.3, 0.4) is 0 Å². The van der Waals surface area contributed by atoms with E-state index in [9.17, 15) is 14.3 Å². The maximum atomic E-state index is 13.1. The van der Waals surface area contributed by atoms with Gasteiger partial charge in [0, 0.05) is 11.4 Å². The van der Waals surface area contributed by atoms with Crippen LogP contribution in [0.15, 0.2) is 30.3 Å². The minimum atomic E-state index is -0.634. The molecular weight excluding hydrogens is 249 g/mol. The standard InChI is InChI=1S/C13H12FN3O2/c1-7-2-5-11(18)12(16-7)17-13(19)9-6-8(14)3-4-10(9)15/h2-6,18H,15H2,1H3,(H,16,17,19). The number of halogens is 1. The molecular formula is C13H12FN3O2. The zero-order chi connectivity index (χ0) is 14.0. The first-order chi connectivity index (χ1) is 8.97. The average Bonchev–Trinajstić information content (AvgIpc) is 2.36. The van der Waals surface area contributed by atoms with E-state index < -0.39 is 11.7 Å². The van der Waals surface area contributed by atoms with Crippen LogP contribution >= 0.6 is 0 Å². The van der Waals surface area contributed by atoms with Gasteiger partial charge in [0.05, 0.1) is 5.56 Å². The second kappa shape index (κ2) is 4.93. The van der Waals surface area contributed by atoms with E-state index in [1.54, 1.807) is 13.0 Å². The molecule has 0 radical (unpaired) electrons. The molecule has 0 atom stereocenters. The summed E-state index contributed by atoms with van der Waals surface area (Å²) in [7, 11) is 0. The smallest absolute Gasteiger partial charge is 0.259 e. The number of nitrogens with zero attached hydrogens (tertiary/aromatic N) is 1. The Hall–Kier alpha value is -2.63. The zero-order valence-corrected chi connectivity index (χ0v) is 10.1. The van der Waals surface area contributed by atoms with Gasteiger partial charge in [0.1, 0.15) is 5.82 Å². The third-order valence-corrected chi connectivity index (χ3v) is 2.51. The molecule has 98 valence electrons. The number of carbonyl (C=O) groups is 1. The molecule has 6 heteroatoms. The third-order valence-electron chi connectivity index (χ3n) is 2.51. The van der Waals surface area contributed by atoms with Crippen LogP contribution < -0.4 is 11.1 Å². The number of anilines is 2. The Kier molecular flexibility index (Phi) is 3.33. The molecule has 0 bridgehead atoms. The largest absolute Gasteiger partial charge is 0.504 e. The highest BCUT2D eigenvalue weighted by molar-refractivity contribution is 6.07. The molecule has 4 N–H and O–H groups in total. The molecule has 0 saturated carbocycles. The van der Waals surface area contributed by atoms with Crippen molar-refractivity contribution in [3.63, 3.8) is 0 Å². The van der Waals surface area contributed by atoms with E-state index in [1.165, 1.54) is 12.1 Å². The van der Waals surface area contributed by atoms with Crippen LogP contribution in [-0.2, 0) is 0 Å². The monoisotopic (exact) mass is 261 g/mol. The van der Waals surface area contributed by atoms with Gasteiger partial charge in [-0.2, -0.15) is 0 Å². The van der Waals surface area contributed by atoms with Crippen LogP contribution in [0, 0.1) is 12.7 Å². The van der Waals surface area contributed by atoms with Crippen molar-refractivity contribution < 1.29 is 14.3 Å². The fourth-order valence-corrected chi connectivity index (χ4v) is 1.54. The van der Waals surface area contributed by atoms with Crippen molar-refractivity contribution >= 4 is 17.4 Å². The van der Waals surface area contributed by atoms with Crippen molar-refractivity contribution in [2.75, 3.05) is 11.1 Å². The maximum Gasteiger partial charge on any atom is 0.259 e. The summed E-state index contributed by atoms with van der Waals surface area (Å²) in [6.45, 7) is 1.71. The zero-order valence-electron chi connectivity index (χ0n) is 10.1. The van der Waals surface area contributed by atoms with Gasteiger partial charge in [-0.15, -0.1) is 0 Å². The van der Waals surface area contributed by atoms with Gasteiger partial charge in [0.2, 0.25) is 0 Å². The van der Waals surface area contributed by atoms with Crippen LogP contribution in [-0.4, -0.2) is 16.0 Å². The van der Waals surface area contributed by atoms with E-state index in [4.69, 9.17) is 5.73 Å². The first kappa shape index (κ1) is 12.8. The second-order valence-corrected chi connectivity index (χ2v) is 4.01. The summed E-state index contributed by atoms with van der Waals surface area (Å²) in [6.07, 6.45) is 0. The summed E-state index contributed by atoms with van der Waals surface area (Å²) in [5.41, 5.74) is 6.36. The van der Waals surface area contributed by atoms with Gasteiger partial charge in [-0.3, -0.25) is 4.79 Å². The highest BCUT2D eigenvalue weighted by Gasteiger charge is 2.13. The summed E-state index contributed by atoms with van der Waals surface area (Å²) >= 11 is 0. The molecule has 1 aromatic carbocycles. The first-order valence-corrected chi connectivity index (χ1v) is 5.50. The van der Waals surface area contributed by atoms with E-state index in [-0.39, 0.29) is 22.8 Å². The highest BCUT2D eigenvalue weighted by Crippen LogP contribution is 2.22. The van der Waals surface area contributed by atoms with Crippen molar-refractivity contribution in [1.82, 2.24) is 4.98 Å². The minimum absolute atomic E-state index is 0.00802. The van der Waals surface area contributed by atoms with Gasteiger partial charge in [0.25, 0.3) is 5.91 Å². The molecule has 1 aromatic heterocycles. The van der Waals surface area contributed by atoms with Crippen LogP contribution in [0.5, 0.6) is 5.75 Å². The van der Waals surface area contributed by atoms with Crippen LogP contribution in [0.25, 0.3) is 0 Å². The number of aryl methyl sites for hydroxylation is 1. The van der Waals surface area contributed by atoms with Crippen LogP contribution in [0.2, 0.25) is 0 Å². The Labute approximate surface area is 108 Å². The van der Waals surface area contributed by atoms with Crippen LogP contribution in [0.4, 0.5) is 15.9 Å². The molecule has 0 spiro atoms. The van der Waals surface area contributed by atoms with E-state index in [1.807, 2.05) is 0 Å². The number of amides is 1. The summed E-state index contributed by atoms with van der Waals surface area (Å²) in [6, 6.07) is 6.49. The average molecular weight is 261 g/mol. The third kappa shape index (κ3) is 2.79. The summed E-state index contributed by atoms with van der Waals surface area (Å²) < 4.78 is 13.1. The van der Waals surface area contributed by atoms with Crippen LogP contribution in [0.1, 0.15) is 16.1 Å². The van der Waals surface area contributed by atoms with E-state index >= 15 is 0 Å². The van der Waals surface area contributed by atoms with Gasteiger partial charge in [-0.25, -0.2) is 9.37 Å². The fraction of sp³-hybridized carbons (Fsp3) is 0.0769. The predicted octanol–water partition coefficient (Wildman–Crippen LogP) is 2.07. The number of rotatable bonds is 2. The number of hydrogen-bond acceptors (Lipinski definition) is 4. The Morgan fingerprint density at radius 1 is 1.37 bits per heavy atom. The van der Waals surface area contributed by atoms with Crippen molar-refractivity contribution in [3.05, 3.63) is 47.4 Å². The lowest BCUT2D eigenvalue weighted by Crippen LogP contribution is -2.15. The Morgan fingerprint density at radius 3 is 2.84 bits per heavy atom. The molecule has 1 heterocycles. The lowest BCUT2D eigenvalue weighted by atomic mass is 10.1. The minimum Gasteiger partial charge on any atom is -0.504 e. The molecule has 1 amide bonds. The molecule has 0 aliphatic carbocycles. The number of nitrogens with two attached hydrogens (primary N) is 1. The summed E-state index contributed by atoms with van der Waals surface area (Å²) in [5.74, 6) is -1.37. The number of pyridine rings is 1. The number of aromatic hydroxyl groups is 1. The second-order valence-electron chi connectivity index (χ2n) is 4.01. The molecule has 2 aromatic rings. The van der Waals surface area contributed by atoms with Crippen molar-refractivity contribution in [2.45, 2.75) is 6.92 Å². The number of carbonyl (C=O) groups excluding carboxylic acids is 1. The highest BCUT2D eigenvalue weighted by atomic mass is 19.1. The molecule has 2 rings (SSSR count). The summed E-state index contributed by atoms with van der Waals surface area (Å²) in [5, 5.41) is 12.0. The fourth-order valence-electron chi connectivity index (χ4n) is 1.54. The molecule has 5 nitrogen and oxygen atoms in total. The first-order valence-electron chi connectivity index (χ1n) is 5.50.